The monoisotopic (exact) mass is 435 g/mol. The van der Waals surface area contributed by atoms with E-state index < -0.39 is 0 Å². The van der Waals surface area contributed by atoms with E-state index in [-0.39, 0.29) is 0 Å². The number of rotatable bonds is 10. The predicted octanol–water partition coefficient (Wildman–Crippen LogP) is 7.28. The highest BCUT2D eigenvalue weighted by Gasteiger charge is 2.14. The summed E-state index contributed by atoms with van der Waals surface area (Å²) in [6.07, 6.45) is 2.58. The van der Waals surface area contributed by atoms with Crippen LogP contribution in [0, 0.1) is 13.8 Å². The van der Waals surface area contributed by atoms with Crippen LogP contribution in [0.15, 0.2) is 67.3 Å². The van der Waals surface area contributed by atoms with Gasteiger partial charge in [0, 0.05) is 22.8 Å². The van der Waals surface area contributed by atoms with Crippen LogP contribution in [0.1, 0.15) is 34.7 Å². The van der Waals surface area contributed by atoms with E-state index in [1.54, 1.807) is 0 Å². The van der Waals surface area contributed by atoms with Gasteiger partial charge in [-0.25, -0.2) is 0 Å². The Balaban J connectivity index is 1.86. The third kappa shape index (κ3) is 6.05. The molecule has 0 fully saturated rings. The molecule has 1 N–H and O–H groups in total. The molecule has 0 unspecified atom stereocenters. The van der Waals surface area contributed by atoms with E-state index in [4.69, 9.17) is 21.1 Å². The van der Waals surface area contributed by atoms with E-state index in [1.165, 1.54) is 11.1 Å². The maximum atomic E-state index is 6.22. The van der Waals surface area contributed by atoms with Gasteiger partial charge in [0.15, 0.2) is 11.5 Å². The molecule has 3 aromatic carbocycles. The second-order valence-electron chi connectivity index (χ2n) is 7.53. The third-order valence-corrected chi connectivity index (χ3v) is 5.45. The topological polar surface area (TPSA) is 30.5 Å². The minimum atomic E-state index is 0.421. The van der Waals surface area contributed by atoms with Crippen molar-refractivity contribution in [3.05, 3.63) is 100 Å². The number of nitrogens with one attached hydrogen (secondary N) is 1. The van der Waals surface area contributed by atoms with Gasteiger partial charge < -0.3 is 14.8 Å². The second-order valence-corrected chi connectivity index (χ2v) is 7.96. The molecule has 3 aromatic rings. The maximum absolute atomic E-state index is 6.22. The average molecular weight is 436 g/mol. The van der Waals surface area contributed by atoms with Crippen LogP contribution in [-0.2, 0) is 19.6 Å². The van der Waals surface area contributed by atoms with Crippen molar-refractivity contribution in [1.29, 1.82) is 0 Å². The van der Waals surface area contributed by atoms with Crippen LogP contribution in [-0.4, -0.2) is 6.61 Å². The summed E-state index contributed by atoms with van der Waals surface area (Å²) in [7, 11) is 0. The van der Waals surface area contributed by atoms with Gasteiger partial charge in [-0.05, 0) is 79.8 Å². The standard InChI is InChI=1S/C27H30ClNO2/c1-5-9-23-14-22(17-29-25-13-7-10-19(3)20(25)4)16-26(30-6-2)27(23)31-18-21-11-8-12-24(28)15-21/h5,7-8,10-16,29H,1,6,9,17-18H2,2-4H3. The van der Waals surface area contributed by atoms with Crippen molar-refractivity contribution in [2.75, 3.05) is 11.9 Å². The number of halogens is 1. The number of anilines is 1. The number of hydrogen-bond acceptors (Lipinski definition) is 3. The lowest BCUT2D eigenvalue weighted by atomic mass is 10.0. The number of aryl methyl sites for hydroxylation is 1. The zero-order valence-corrected chi connectivity index (χ0v) is 19.3. The first-order valence-electron chi connectivity index (χ1n) is 10.6. The number of allylic oxidation sites excluding steroid dienone is 1. The summed E-state index contributed by atoms with van der Waals surface area (Å²) in [5.41, 5.74) is 6.89. The van der Waals surface area contributed by atoms with Crippen molar-refractivity contribution in [2.45, 2.75) is 40.3 Å². The van der Waals surface area contributed by atoms with Crippen molar-refractivity contribution >= 4 is 17.3 Å². The Morgan fingerprint density at radius 1 is 1.00 bits per heavy atom. The van der Waals surface area contributed by atoms with Gasteiger partial charge in [0.25, 0.3) is 0 Å². The first-order chi connectivity index (χ1) is 15.0. The van der Waals surface area contributed by atoms with Crippen molar-refractivity contribution in [3.8, 4) is 11.5 Å². The molecule has 0 amide bonds. The molecule has 3 rings (SSSR count). The van der Waals surface area contributed by atoms with Crippen LogP contribution in [0.25, 0.3) is 0 Å². The summed E-state index contributed by atoms with van der Waals surface area (Å²) in [4.78, 5) is 0. The molecule has 31 heavy (non-hydrogen) atoms. The molecule has 162 valence electrons. The van der Waals surface area contributed by atoms with E-state index in [2.05, 4.69) is 56.1 Å². The van der Waals surface area contributed by atoms with Crippen LogP contribution in [0.2, 0.25) is 5.02 Å². The summed E-state index contributed by atoms with van der Waals surface area (Å²) in [5.74, 6) is 1.51. The maximum Gasteiger partial charge on any atom is 0.165 e. The van der Waals surface area contributed by atoms with Crippen molar-refractivity contribution in [1.82, 2.24) is 0 Å². The van der Waals surface area contributed by atoms with E-state index in [0.29, 0.717) is 31.2 Å². The number of ether oxygens (including phenoxy) is 2. The van der Waals surface area contributed by atoms with Crippen molar-refractivity contribution < 1.29 is 9.47 Å². The Hall–Kier alpha value is -2.91. The predicted molar refractivity (Wildman–Crippen MR) is 131 cm³/mol. The van der Waals surface area contributed by atoms with E-state index >= 15 is 0 Å². The second kappa shape index (κ2) is 10.9. The van der Waals surface area contributed by atoms with Gasteiger partial charge in [-0.15, -0.1) is 6.58 Å². The van der Waals surface area contributed by atoms with E-state index in [0.717, 1.165) is 33.9 Å². The van der Waals surface area contributed by atoms with Gasteiger partial charge in [0.2, 0.25) is 0 Å². The molecule has 0 saturated heterocycles. The Labute approximate surface area is 190 Å². The zero-order chi connectivity index (χ0) is 22.2. The molecule has 0 aliphatic rings. The van der Waals surface area contributed by atoms with Crippen LogP contribution in [0.4, 0.5) is 5.69 Å². The summed E-state index contributed by atoms with van der Waals surface area (Å²) in [6.45, 7) is 11.8. The van der Waals surface area contributed by atoms with Crippen LogP contribution in [0.3, 0.4) is 0 Å². The lowest BCUT2D eigenvalue weighted by molar-refractivity contribution is 0.267. The molecule has 0 heterocycles. The first kappa shape index (κ1) is 22.8. The third-order valence-electron chi connectivity index (χ3n) is 5.22. The molecule has 4 heteroatoms. The summed E-state index contributed by atoms with van der Waals surface area (Å²) in [5, 5.41) is 4.25. The fourth-order valence-corrected chi connectivity index (χ4v) is 3.69. The molecule has 0 aliphatic heterocycles. The molecular formula is C27H30ClNO2. The zero-order valence-electron chi connectivity index (χ0n) is 18.5. The van der Waals surface area contributed by atoms with Crippen LogP contribution in [0.5, 0.6) is 11.5 Å². The van der Waals surface area contributed by atoms with Gasteiger partial charge in [-0.1, -0.05) is 41.9 Å². The first-order valence-corrected chi connectivity index (χ1v) is 11.0. The molecular weight excluding hydrogens is 406 g/mol. The number of benzene rings is 3. The van der Waals surface area contributed by atoms with Crippen molar-refractivity contribution in [2.24, 2.45) is 0 Å². The Morgan fingerprint density at radius 2 is 1.81 bits per heavy atom. The van der Waals surface area contributed by atoms with E-state index in [9.17, 15) is 0 Å². The quantitative estimate of drug-likeness (QED) is 0.339. The molecule has 0 aliphatic carbocycles. The van der Waals surface area contributed by atoms with Gasteiger partial charge in [-0.2, -0.15) is 0 Å². The summed E-state index contributed by atoms with van der Waals surface area (Å²) < 4.78 is 12.2. The molecule has 3 nitrogen and oxygen atoms in total. The molecule has 0 aromatic heterocycles. The Bertz CT molecular complexity index is 1050. The minimum Gasteiger partial charge on any atom is -0.490 e. The Morgan fingerprint density at radius 3 is 2.55 bits per heavy atom. The highest BCUT2D eigenvalue weighted by molar-refractivity contribution is 6.30. The van der Waals surface area contributed by atoms with Gasteiger partial charge in [-0.3, -0.25) is 0 Å². The van der Waals surface area contributed by atoms with Crippen molar-refractivity contribution in [3.63, 3.8) is 0 Å². The van der Waals surface area contributed by atoms with Gasteiger partial charge >= 0.3 is 0 Å². The largest absolute Gasteiger partial charge is 0.490 e. The fraction of sp³-hybridized carbons (Fsp3) is 0.259. The molecule has 0 radical (unpaired) electrons. The lowest BCUT2D eigenvalue weighted by Crippen LogP contribution is -2.06. The summed E-state index contributed by atoms with van der Waals surface area (Å²) in [6, 6.07) is 18.2. The highest BCUT2D eigenvalue weighted by atomic mass is 35.5. The van der Waals surface area contributed by atoms with Gasteiger partial charge in [0.05, 0.1) is 6.61 Å². The normalized spacial score (nSPS) is 10.6. The lowest BCUT2D eigenvalue weighted by Gasteiger charge is -2.18. The number of hydrogen-bond donors (Lipinski definition) is 1. The average Bonchev–Trinajstić information content (AvgIpc) is 2.75. The molecule has 0 atom stereocenters. The molecule has 0 spiro atoms. The molecule has 0 bridgehead atoms. The molecule has 0 saturated carbocycles. The van der Waals surface area contributed by atoms with Gasteiger partial charge in [0.1, 0.15) is 6.61 Å². The minimum absolute atomic E-state index is 0.421. The van der Waals surface area contributed by atoms with Crippen LogP contribution >= 0.6 is 11.6 Å². The van der Waals surface area contributed by atoms with E-state index in [1.807, 2.05) is 37.3 Å². The smallest absolute Gasteiger partial charge is 0.165 e. The summed E-state index contributed by atoms with van der Waals surface area (Å²) >= 11 is 6.12. The Kier molecular flexibility index (Phi) is 8.02. The highest BCUT2D eigenvalue weighted by Crippen LogP contribution is 2.35. The fourth-order valence-electron chi connectivity index (χ4n) is 3.48. The van der Waals surface area contributed by atoms with Crippen LogP contribution < -0.4 is 14.8 Å². The SMILES string of the molecule is C=CCc1cc(CNc2cccc(C)c2C)cc(OCC)c1OCc1cccc(Cl)c1.